The molecule has 2 aliphatic heterocycles. The highest BCUT2D eigenvalue weighted by atomic mass is 32.2. The second-order valence-corrected chi connectivity index (χ2v) is 9.11. The highest BCUT2D eigenvalue weighted by molar-refractivity contribution is 7.89. The Hall–Kier alpha value is -2.28. The average molecular weight is 404 g/mol. The lowest BCUT2D eigenvalue weighted by molar-refractivity contribution is -0.116. The van der Waals surface area contributed by atoms with Gasteiger partial charge >= 0.3 is 0 Å². The van der Waals surface area contributed by atoms with Crippen LogP contribution in [0.2, 0.25) is 0 Å². The van der Waals surface area contributed by atoms with Crippen LogP contribution < -0.4 is 5.32 Å². The van der Waals surface area contributed by atoms with Gasteiger partial charge in [-0.2, -0.15) is 14.5 Å². The fourth-order valence-electron chi connectivity index (χ4n) is 3.12. The highest BCUT2D eigenvalue weighted by Crippen LogP contribution is 2.37. The van der Waals surface area contributed by atoms with E-state index in [4.69, 9.17) is 6.42 Å². The fourth-order valence-corrected chi connectivity index (χ4v) is 4.59. The predicted molar refractivity (Wildman–Crippen MR) is 106 cm³/mol. The van der Waals surface area contributed by atoms with Crippen LogP contribution in [-0.4, -0.2) is 62.4 Å². The third-order valence-electron chi connectivity index (χ3n) is 5.02. The molecule has 0 bridgehead atoms. The van der Waals surface area contributed by atoms with E-state index in [1.165, 1.54) is 10.4 Å². The molecule has 0 atom stereocenters. The van der Waals surface area contributed by atoms with Gasteiger partial charge in [-0.05, 0) is 25.2 Å². The van der Waals surface area contributed by atoms with Crippen molar-refractivity contribution in [2.24, 2.45) is 10.2 Å². The summed E-state index contributed by atoms with van der Waals surface area (Å²) in [6.45, 7) is 2.32. The van der Waals surface area contributed by atoms with Gasteiger partial charge in [-0.3, -0.25) is 4.79 Å². The lowest BCUT2D eigenvalue weighted by Crippen LogP contribution is -2.47. The Morgan fingerprint density at radius 1 is 1.25 bits per heavy atom. The van der Waals surface area contributed by atoms with Crippen molar-refractivity contribution in [1.82, 2.24) is 9.21 Å². The number of anilines is 1. The van der Waals surface area contributed by atoms with Crippen molar-refractivity contribution in [2.75, 3.05) is 38.5 Å². The number of terminal acetylenes is 1. The Morgan fingerprint density at radius 2 is 1.96 bits per heavy atom. The number of nitrogens with one attached hydrogen (secondary N) is 1. The van der Waals surface area contributed by atoms with E-state index in [9.17, 15) is 13.2 Å². The van der Waals surface area contributed by atoms with Crippen LogP contribution in [0.4, 0.5) is 5.69 Å². The number of sulfonamides is 1. The minimum Gasteiger partial charge on any atom is -0.326 e. The van der Waals surface area contributed by atoms with Crippen molar-refractivity contribution in [1.29, 1.82) is 0 Å². The van der Waals surface area contributed by atoms with Crippen molar-refractivity contribution >= 4 is 21.6 Å². The van der Waals surface area contributed by atoms with E-state index in [2.05, 4.69) is 26.4 Å². The normalized spacial score (nSPS) is 19.1. The quantitative estimate of drug-likeness (QED) is 0.671. The molecule has 8 nitrogen and oxygen atoms in total. The molecule has 3 rings (SSSR count). The number of rotatable bonds is 8. The van der Waals surface area contributed by atoms with Gasteiger partial charge in [-0.1, -0.05) is 6.07 Å². The Kier molecular flexibility index (Phi) is 6.13. The topological polar surface area (TPSA) is 94.4 Å². The minimum absolute atomic E-state index is 0.188. The molecule has 0 unspecified atom stereocenters. The van der Waals surface area contributed by atoms with Crippen molar-refractivity contribution in [3.8, 4) is 12.3 Å². The van der Waals surface area contributed by atoms with Gasteiger partial charge in [0.2, 0.25) is 15.9 Å². The lowest BCUT2D eigenvalue weighted by Gasteiger charge is -2.31. The number of carbonyl (C=O) groups is 1. The minimum atomic E-state index is -3.57. The van der Waals surface area contributed by atoms with Crippen LogP contribution in [0.15, 0.2) is 39.4 Å². The SMILES string of the molecule is C#CCCC1(CCC(=O)Nc2cccc(S(=O)(=O)N3CCN(C)CC3)c2)N=N1. The molecule has 28 heavy (non-hydrogen) atoms. The number of nitrogens with zero attached hydrogens (tertiary/aromatic N) is 4. The van der Waals surface area contributed by atoms with E-state index in [0.29, 0.717) is 51.1 Å². The first-order valence-corrected chi connectivity index (χ1v) is 10.7. The molecule has 0 saturated carbocycles. The number of benzene rings is 1. The molecule has 9 heteroatoms. The molecule has 1 fully saturated rings. The van der Waals surface area contributed by atoms with Crippen LogP contribution in [0.5, 0.6) is 0 Å². The van der Waals surface area contributed by atoms with E-state index in [-0.39, 0.29) is 17.2 Å². The molecule has 0 aliphatic carbocycles. The van der Waals surface area contributed by atoms with Crippen molar-refractivity contribution in [3.05, 3.63) is 24.3 Å². The number of piperazine rings is 1. The van der Waals surface area contributed by atoms with Gasteiger partial charge < -0.3 is 10.2 Å². The van der Waals surface area contributed by atoms with Crippen molar-refractivity contribution in [3.63, 3.8) is 0 Å². The van der Waals surface area contributed by atoms with Crippen molar-refractivity contribution < 1.29 is 13.2 Å². The number of hydrogen-bond acceptors (Lipinski definition) is 6. The molecule has 1 saturated heterocycles. The van der Waals surface area contributed by atoms with Gasteiger partial charge in [0.15, 0.2) is 5.66 Å². The van der Waals surface area contributed by atoms with Crippen LogP contribution in [0, 0.1) is 12.3 Å². The van der Waals surface area contributed by atoms with Gasteiger partial charge in [-0.15, -0.1) is 12.3 Å². The molecule has 2 aliphatic rings. The summed E-state index contributed by atoms with van der Waals surface area (Å²) in [7, 11) is -1.60. The maximum absolute atomic E-state index is 12.9. The average Bonchev–Trinajstić information content (AvgIpc) is 3.46. The number of carbonyl (C=O) groups excluding carboxylic acids is 1. The summed E-state index contributed by atoms with van der Waals surface area (Å²) >= 11 is 0. The first-order chi connectivity index (χ1) is 13.3. The van der Waals surface area contributed by atoms with Crippen LogP contribution in [0.1, 0.15) is 25.7 Å². The predicted octanol–water partition coefficient (Wildman–Crippen LogP) is 1.92. The van der Waals surface area contributed by atoms with E-state index in [1.54, 1.807) is 18.2 Å². The molecule has 0 radical (unpaired) electrons. The number of likely N-dealkylation sites (N-methyl/N-ethyl adjacent to an activating group) is 1. The Bertz CT molecular complexity index is 892. The molecule has 1 N–H and O–H groups in total. The monoisotopic (exact) mass is 403 g/mol. The maximum Gasteiger partial charge on any atom is 0.243 e. The summed E-state index contributed by atoms with van der Waals surface area (Å²) in [5.74, 6) is 2.35. The third-order valence-corrected chi connectivity index (χ3v) is 6.92. The summed E-state index contributed by atoms with van der Waals surface area (Å²) < 4.78 is 27.2. The third kappa shape index (κ3) is 4.95. The van der Waals surface area contributed by atoms with E-state index < -0.39 is 15.7 Å². The molecular weight excluding hydrogens is 378 g/mol. The molecule has 2 heterocycles. The van der Waals surface area contributed by atoms with E-state index in [1.807, 2.05) is 7.05 Å². The maximum atomic E-state index is 12.9. The first-order valence-electron chi connectivity index (χ1n) is 9.31. The summed E-state index contributed by atoms with van der Waals surface area (Å²) in [4.78, 5) is 14.5. The number of amides is 1. The zero-order valence-electron chi connectivity index (χ0n) is 16.0. The summed E-state index contributed by atoms with van der Waals surface area (Å²) in [6, 6.07) is 6.38. The van der Waals surface area contributed by atoms with Gasteiger partial charge in [0.05, 0.1) is 4.90 Å². The highest BCUT2D eigenvalue weighted by Gasteiger charge is 2.39. The largest absolute Gasteiger partial charge is 0.326 e. The second-order valence-electron chi connectivity index (χ2n) is 7.17. The zero-order chi connectivity index (χ0) is 20.2. The lowest BCUT2D eigenvalue weighted by atomic mass is 10.0. The molecule has 0 aromatic heterocycles. The van der Waals surface area contributed by atoms with E-state index >= 15 is 0 Å². The summed E-state index contributed by atoms with van der Waals surface area (Å²) in [5, 5.41) is 10.8. The smallest absolute Gasteiger partial charge is 0.243 e. The Morgan fingerprint density at radius 3 is 2.61 bits per heavy atom. The Balaban J connectivity index is 1.59. The van der Waals surface area contributed by atoms with Crippen molar-refractivity contribution in [2.45, 2.75) is 36.2 Å². The van der Waals surface area contributed by atoms with Crippen LogP contribution in [-0.2, 0) is 14.8 Å². The number of hydrogen-bond donors (Lipinski definition) is 1. The Labute approximate surface area is 166 Å². The van der Waals surface area contributed by atoms with Crippen LogP contribution in [0.25, 0.3) is 0 Å². The van der Waals surface area contributed by atoms with Gasteiger partial charge in [0, 0.05) is 57.5 Å². The van der Waals surface area contributed by atoms with Gasteiger partial charge in [0.25, 0.3) is 0 Å². The summed E-state index contributed by atoms with van der Waals surface area (Å²) in [6.07, 6.45) is 7.23. The van der Waals surface area contributed by atoms with Crippen LogP contribution in [0.3, 0.4) is 0 Å². The second kappa shape index (κ2) is 8.39. The van der Waals surface area contributed by atoms with E-state index in [0.717, 1.165) is 0 Å². The molecule has 150 valence electrons. The van der Waals surface area contributed by atoms with Gasteiger partial charge in [-0.25, -0.2) is 8.42 Å². The molecular formula is C19H25N5O3S. The standard InChI is InChI=1S/C19H25N5O3S/c1-3-4-9-19(21-22-19)10-8-18(25)20-16-6-5-7-17(15-16)28(26,27)24-13-11-23(2)12-14-24/h1,5-7,15H,4,8-14H2,2H3,(H,20,25). The molecule has 1 aromatic rings. The first kappa shape index (κ1) is 20.5. The fraction of sp³-hybridized carbons (Fsp3) is 0.526. The molecule has 1 aromatic carbocycles. The van der Waals surface area contributed by atoms with Gasteiger partial charge in [0.1, 0.15) is 0 Å². The zero-order valence-corrected chi connectivity index (χ0v) is 16.8. The molecule has 0 spiro atoms. The summed E-state index contributed by atoms with van der Waals surface area (Å²) in [5.41, 5.74) is -0.0430. The molecule has 1 amide bonds. The van der Waals surface area contributed by atoms with Crippen LogP contribution >= 0.6 is 0 Å².